The highest BCUT2D eigenvalue weighted by Gasteiger charge is 2.19. The molecular formula is C13H8ClN3O4S. The van der Waals surface area contributed by atoms with Gasteiger partial charge in [0.05, 0.1) is 16.8 Å². The maximum atomic E-state index is 12.2. The number of hydrogen-bond donors (Lipinski definition) is 2. The first-order valence-electron chi connectivity index (χ1n) is 5.74. The molecule has 1 aromatic heterocycles. The smallest absolute Gasteiger partial charge is 0.337 e. The molecule has 2 aromatic rings. The van der Waals surface area contributed by atoms with E-state index in [1.54, 1.807) is 6.07 Å². The Morgan fingerprint density at radius 3 is 2.68 bits per heavy atom. The molecule has 9 heteroatoms. The van der Waals surface area contributed by atoms with E-state index < -0.39 is 16.0 Å². The molecular weight excluding hydrogens is 330 g/mol. The lowest BCUT2D eigenvalue weighted by Gasteiger charge is -2.10. The average molecular weight is 338 g/mol. The van der Waals surface area contributed by atoms with Crippen molar-refractivity contribution in [2.45, 2.75) is 4.90 Å². The number of aromatic nitrogens is 1. The van der Waals surface area contributed by atoms with Crippen LogP contribution in [-0.2, 0) is 10.0 Å². The van der Waals surface area contributed by atoms with Gasteiger partial charge in [0.15, 0.2) is 0 Å². The van der Waals surface area contributed by atoms with Crippen molar-refractivity contribution in [2.24, 2.45) is 0 Å². The Hall–Kier alpha value is -2.63. The number of pyridine rings is 1. The molecule has 2 rings (SSSR count). The molecule has 0 saturated carbocycles. The molecule has 0 unspecified atom stereocenters. The number of benzene rings is 1. The first-order chi connectivity index (χ1) is 10.3. The zero-order chi connectivity index (χ0) is 16.3. The van der Waals surface area contributed by atoms with Crippen molar-refractivity contribution >= 4 is 33.3 Å². The van der Waals surface area contributed by atoms with Crippen LogP contribution in [0.1, 0.15) is 15.9 Å². The van der Waals surface area contributed by atoms with Gasteiger partial charge in [-0.05, 0) is 24.3 Å². The number of carboxylic acids is 1. The van der Waals surface area contributed by atoms with Crippen LogP contribution < -0.4 is 4.72 Å². The quantitative estimate of drug-likeness (QED) is 0.881. The second-order valence-electron chi connectivity index (χ2n) is 4.12. The molecule has 0 aliphatic heterocycles. The number of nitriles is 1. The van der Waals surface area contributed by atoms with Gasteiger partial charge in [-0.2, -0.15) is 5.26 Å². The number of carbonyl (C=O) groups is 1. The lowest BCUT2D eigenvalue weighted by atomic mass is 10.2. The van der Waals surface area contributed by atoms with Crippen molar-refractivity contribution < 1.29 is 18.3 Å². The number of sulfonamides is 1. The van der Waals surface area contributed by atoms with Crippen LogP contribution in [0.5, 0.6) is 0 Å². The van der Waals surface area contributed by atoms with Gasteiger partial charge in [0, 0.05) is 17.4 Å². The van der Waals surface area contributed by atoms with Crippen LogP contribution in [0.3, 0.4) is 0 Å². The summed E-state index contributed by atoms with van der Waals surface area (Å²) in [5.41, 5.74) is -0.364. The van der Waals surface area contributed by atoms with Crippen molar-refractivity contribution in [3.63, 3.8) is 0 Å². The van der Waals surface area contributed by atoms with Crippen LogP contribution in [0.15, 0.2) is 41.6 Å². The molecule has 0 atom stereocenters. The molecule has 0 aliphatic rings. The van der Waals surface area contributed by atoms with Gasteiger partial charge < -0.3 is 5.11 Å². The molecule has 0 saturated heterocycles. The summed E-state index contributed by atoms with van der Waals surface area (Å²) in [4.78, 5) is 14.6. The van der Waals surface area contributed by atoms with Gasteiger partial charge in [0.2, 0.25) is 0 Å². The van der Waals surface area contributed by atoms with Gasteiger partial charge in [-0.1, -0.05) is 11.6 Å². The molecule has 1 heterocycles. The third-order valence-electron chi connectivity index (χ3n) is 2.61. The number of anilines is 1. The predicted octanol–water partition coefficient (Wildman–Crippen LogP) is 2.11. The van der Waals surface area contributed by atoms with Crippen LogP contribution in [0.4, 0.5) is 5.69 Å². The van der Waals surface area contributed by atoms with Gasteiger partial charge in [-0.3, -0.25) is 9.71 Å². The molecule has 0 amide bonds. The minimum Gasteiger partial charge on any atom is -0.478 e. The summed E-state index contributed by atoms with van der Waals surface area (Å²) in [5.74, 6) is -1.33. The fourth-order valence-electron chi connectivity index (χ4n) is 1.61. The minimum atomic E-state index is -4.08. The van der Waals surface area contributed by atoms with Crippen molar-refractivity contribution in [1.29, 1.82) is 5.26 Å². The largest absolute Gasteiger partial charge is 0.478 e. The van der Waals surface area contributed by atoms with Crippen molar-refractivity contribution in [1.82, 2.24) is 4.98 Å². The fourth-order valence-corrected chi connectivity index (χ4v) is 2.85. The molecule has 1 aromatic carbocycles. The van der Waals surface area contributed by atoms with E-state index in [0.29, 0.717) is 0 Å². The second-order valence-corrected chi connectivity index (χ2v) is 6.24. The van der Waals surface area contributed by atoms with E-state index in [9.17, 15) is 13.2 Å². The summed E-state index contributed by atoms with van der Waals surface area (Å²) in [5, 5.41) is 18.0. The first-order valence-corrected chi connectivity index (χ1v) is 7.60. The first kappa shape index (κ1) is 15.8. The molecule has 2 N–H and O–H groups in total. The number of hydrogen-bond acceptors (Lipinski definition) is 5. The van der Waals surface area contributed by atoms with Gasteiger partial charge >= 0.3 is 5.97 Å². The van der Waals surface area contributed by atoms with E-state index in [1.807, 2.05) is 0 Å². The summed E-state index contributed by atoms with van der Waals surface area (Å²) in [6, 6.07) is 6.63. The van der Waals surface area contributed by atoms with Gasteiger partial charge in [-0.15, -0.1) is 0 Å². The SMILES string of the molecule is N#Cc1cncc(S(=O)(=O)Nc2ccc(Cl)cc2C(=O)O)c1. The van der Waals surface area contributed by atoms with E-state index in [1.165, 1.54) is 18.3 Å². The molecule has 0 spiro atoms. The Morgan fingerprint density at radius 1 is 1.32 bits per heavy atom. The lowest BCUT2D eigenvalue weighted by molar-refractivity contribution is 0.0698. The van der Waals surface area contributed by atoms with Gasteiger partial charge in [-0.25, -0.2) is 13.2 Å². The monoisotopic (exact) mass is 337 g/mol. The lowest BCUT2D eigenvalue weighted by Crippen LogP contribution is -2.16. The van der Waals surface area contributed by atoms with Crippen molar-refractivity contribution in [2.75, 3.05) is 4.72 Å². The van der Waals surface area contributed by atoms with E-state index in [2.05, 4.69) is 9.71 Å². The summed E-state index contributed by atoms with van der Waals surface area (Å²) in [7, 11) is -4.08. The Labute approximate surface area is 130 Å². The number of nitrogens with zero attached hydrogens (tertiary/aromatic N) is 2. The topological polar surface area (TPSA) is 120 Å². The molecule has 7 nitrogen and oxygen atoms in total. The summed E-state index contributed by atoms with van der Waals surface area (Å²) < 4.78 is 26.6. The maximum Gasteiger partial charge on any atom is 0.337 e. The van der Waals surface area contributed by atoms with Crippen molar-refractivity contribution in [3.8, 4) is 6.07 Å². The molecule has 0 bridgehead atoms. The highest BCUT2D eigenvalue weighted by molar-refractivity contribution is 7.92. The molecule has 112 valence electrons. The van der Waals surface area contributed by atoms with Crippen LogP contribution >= 0.6 is 11.6 Å². The standard InChI is InChI=1S/C13H8ClN3O4S/c14-9-1-2-12(11(4-9)13(18)19)17-22(20,21)10-3-8(5-15)6-16-7-10/h1-4,6-7,17H,(H,18,19). The number of aromatic carboxylic acids is 1. The Kier molecular flexibility index (Phi) is 4.30. The molecule has 0 radical (unpaired) electrons. The average Bonchev–Trinajstić information content (AvgIpc) is 2.48. The van der Waals surface area contributed by atoms with E-state index in [0.717, 1.165) is 18.3 Å². The molecule has 0 aliphatic carbocycles. The maximum absolute atomic E-state index is 12.2. The van der Waals surface area contributed by atoms with Crippen molar-refractivity contribution in [3.05, 3.63) is 52.8 Å². The number of carboxylic acid groups (broad SMARTS) is 1. The number of rotatable bonds is 4. The van der Waals surface area contributed by atoms with Crippen LogP contribution in [0.25, 0.3) is 0 Å². The van der Waals surface area contributed by atoms with Crippen LogP contribution in [0, 0.1) is 11.3 Å². The number of nitrogens with one attached hydrogen (secondary N) is 1. The third-order valence-corrected chi connectivity index (χ3v) is 4.18. The Balaban J connectivity index is 2.45. The highest BCUT2D eigenvalue weighted by atomic mass is 35.5. The molecule has 22 heavy (non-hydrogen) atoms. The van der Waals surface area contributed by atoms with Gasteiger partial charge in [0.25, 0.3) is 10.0 Å². The Bertz CT molecular complexity index is 890. The summed E-state index contributed by atoms with van der Waals surface area (Å²) in [6.45, 7) is 0. The normalized spacial score (nSPS) is 10.7. The highest BCUT2D eigenvalue weighted by Crippen LogP contribution is 2.23. The van der Waals surface area contributed by atoms with Gasteiger partial charge in [0.1, 0.15) is 11.0 Å². The van der Waals surface area contributed by atoms with E-state index >= 15 is 0 Å². The zero-order valence-electron chi connectivity index (χ0n) is 10.8. The minimum absolute atomic E-state index is 0.0671. The summed E-state index contributed by atoms with van der Waals surface area (Å²) >= 11 is 5.70. The molecule has 0 fully saturated rings. The van der Waals surface area contributed by atoms with E-state index in [-0.39, 0.29) is 26.7 Å². The second kappa shape index (κ2) is 6.01. The van der Waals surface area contributed by atoms with E-state index in [4.69, 9.17) is 22.0 Å². The Morgan fingerprint density at radius 2 is 2.05 bits per heavy atom. The zero-order valence-corrected chi connectivity index (χ0v) is 12.4. The van der Waals surface area contributed by atoms with Crippen LogP contribution in [0.2, 0.25) is 5.02 Å². The fraction of sp³-hybridized carbons (Fsp3) is 0. The van der Waals surface area contributed by atoms with Crippen LogP contribution in [-0.4, -0.2) is 24.5 Å². The third kappa shape index (κ3) is 3.33. The number of halogens is 1. The summed E-state index contributed by atoms with van der Waals surface area (Å²) in [6.07, 6.45) is 2.27. The predicted molar refractivity (Wildman–Crippen MR) is 78.2 cm³/mol.